The molecule has 1 aliphatic heterocycles. The number of anilines is 3. The minimum Gasteiger partial charge on any atom is -0.382 e. The van der Waals surface area contributed by atoms with Crippen LogP contribution in [0.4, 0.5) is 30.2 Å². The molecule has 4 rings (SSSR count). The summed E-state index contributed by atoms with van der Waals surface area (Å²) >= 11 is 0. The molecular formula is C26H30F3N5O4. The molecule has 0 spiro atoms. The molecule has 2 fully saturated rings. The van der Waals surface area contributed by atoms with Crippen LogP contribution < -0.4 is 15.4 Å². The van der Waals surface area contributed by atoms with Crippen LogP contribution in [0.3, 0.4) is 0 Å². The molecule has 1 saturated heterocycles. The van der Waals surface area contributed by atoms with Gasteiger partial charge in [-0.25, -0.2) is 0 Å². The maximum Gasteiger partial charge on any atom is 0.416 e. The Bertz CT molecular complexity index is 1140. The van der Waals surface area contributed by atoms with Gasteiger partial charge >= 0.3 is 6.18 Å². The molecule has 0 unspecified atom stereocenters. The fraction of sp³-hybridized carbons (Fsp3) is 0.462. The van der Waals surface area contributed by atoms with E-state index < -0.39 is 11.7 Å². The van der Waals surface area contributed by atoms with Gasteiger partial charge < -0.3 is 19.9 Å². The number of alkyl halides is 3. The molecule has 1 saturated carbocycles. The lowest BCUT2D eigenvalue weighted by Gasteiger charge is -2.36. The Morgan fingerprint density at radius 1 is 1.05 bits per heavy atom. The molecule has 38 heavy (non-hydrogen) atoms. The van der Waals surface area contributed by atoms with Crippen LogP contribution in [0.1, 0.15) is 36.8 Å². The first-order valence-electron chi connectivity index (χ1n) is 12.4. The molecule has 204 valence electrons. The van der Waals surface area contributed by atoms with Crippen molar-refractivity contribution in [1.82, 2.24) is 4.90 Å². The maximum atomic E-state index is 12.8. The number of nitrogens with zero attached hydrogens (tertiary/aromatic N) is 4. The predicted octanol–water partition coefficient (Wildman–Crippen LogP) is 4.25. The van der Waals surface area contributed by atoms with Gasteiger partial charge in [-0.1, -0.05) is 0 Å². The normalized spacial score (nSPS) is 20.1. The summed E-state index contributed by atoms with van der Waals surface area (Å²) in [6.45, 7) is 2.03. The van der Waals surface area contributed by atoms with Gasteiger partial charge in [0, 0.05) is 43.6 Å². The van der Waals surface area contributed by atoms with Crippen LogP contribution in [0.2, 0.25) is 0 Å². The minimum absolute atomic E-state index is 0.000767. The number of nitrogens with one attached hydrogen (secondary N) is 1. The predicted molar refractivity (Wildman–Crippen MR) is 133 cm³/mol. The molecule has 12 heteroatoms. The number of nitriles is 1. The standard InChI is InChI=1S/C26H30F3N5O4/c27-26(28,29)19-1-6-22(7-2-19)32-11-13-33(14-12-32)25(35)17-38-23-8-3-20(4-9-23)31-21-5-10-24(34(36)37)18(15-21)16-30/h1-2,5-7,10,15,20,23,31,36-37H,3-4,8-9,11-14,17H2. The van der Waals surface area contributed by atoms with Crippen molar-refractivity contribution >= 4 is 23.0 Å². The average Bonchev–Trinajstić information content (AvgIpc) is 2.92. The highest BCUT2D eigenvalue weighted by atomic mass is 19.4. The summed E-state index contributed by atoms with van der Waals surface area (Å²) < 4.78 is 44.2. The second-order valence-electron chi connectivity index (χ2n) is 9.47. The van der Waals surface area contributed by atoms with Crippen molar-refractivity contribution in [3.63, 3.8) is 0 Å². The summed E-state index contributed by atoms with van der Waals surface area (Å²) in [5, 5.41) is 30.9. The zero-order valence-corrected chi connectivity index (χ0v) is 20.7. The van der Waals surface area contributed by atoms with E-state index in [4.69, 9.17) is 4.74 Å². The molecular weight excluding hydrogens is 503 g/mol. The maximum absolute atomic E-state index is 12.8. The van der Waals surface area contributed by atoms with Gasteiger partial charge in [0.2, 0.25) is 5.91 Å². The molecule has 3 N–H and O–H groups in total. The molecule has 1 aliphatic carbocycles. The Kier molecular flexibility index (Phi) is 8.61. The quantitative estimate of drug-likeness (QED) is 0.453. The average molecular weight is 534 g/mol. The lowest BCUT2D eigenvalue weighted by atomic mass is 9.92. The first-order chi connectivity index (χ1) is 18.1. The van der Waals surface area contributed by atoms with Crippen molar-refractivity contribution in [2.24, 2.45) is 0 Å². The summed E-state index contributed by atoms with van der Waals surface area (Å²) in [5.74, 6) is -0.0942. The summed E-state index contributed by atoms with van der Waals surface area (Å²) in [7, 11) is 0. The highest BCUT2D eigenvalue weighted by molar-refractivity contribution is 5.77. The number of hydrogen-bond donors (Lipinski definition) is 3. The molecule has 0 atom stereocenters. The Morgan fingerprint density at radius 2 is 1.71 bits per heavy atom. The summed E-state index contributed by atoms with van der Waals surface area (Å²) in [6.07, 6.45) is -1.20. The number of piperazine rings is 1. The third-order valence-corrected chi connectivity index (χ3v) is 7.01. The molecule has 1 heterocycles. The molecule has 0 aromatic heterocycles. The third kappa shape index (κ3) is 6.86. The monoisotopic (exact) mass is 533 g/mol. The fourth-order valence-corrected chi connectivity index (χ4v) is 4.86. The van der Waals surface area contributed by atoms with E-state index in [1.54, 1.807) is 17.0 Å². The van der Waals surface area contributed by atoms with E-state index in [0.717, 1.165) is 37.8 Å². The van der Waals surface area contributed by atoms with Crippen molar-refractivity contribution < 1.29 is 33.1 Å². The van der Waals surface area contributed by atoms with Crippen LogP contribution in [0.25, 0.3) is 0 Å². The van der Waals surface area contributed by atoms with Crippen molar-refractivity contribution in [3.8, 4) is 6.07 Å². The number of benzene rings is 2. The number of halogens is 3. The second kappa shape index (κ2) is 11.9. The van der Waals surface area contributed by atoms with Gasteiger partial charge in [-0.3, -0.25) is 15.2 Å². The first-order valence-corrected chi connectivity index (χ1v) is 12.4. The summed E-state index contributed by atoms with van der Waals surface area (Å²) in [4.78, 5) is 16.4. The molecule has 2 aromatic rings. The van der Waals surface area contributed by atoms with E-state index in [1.165, 1.54) is 18.2 Å². The summed E-state index contributed by atoms with van der Waals surface area (Å²) in [5.41, 5.74) is 0.870. The fourth-order valence-electron chi connectivity index (χ4n) is 4.86. The highest BCUT2D eigenvalue weighted by Gasteiger charge is 2.30. The molecule has 2 aliphatic rings. The van der Waals surface area contributed by atoms with Crippen LogP contribution in [-0.2, 0) is 15.7 Å². The number of rotatable bonds is 7. The van der Waals surface area contributed by atoms with Gasteiger partial charge in [-0.2, -0.15) is 18.4 Å². The smallest absolute Gasteiger partial charge is 0.382 e. The Hall–Kier alpha value is -3.53. The zero-order valence-electron chi connectivity index (χ0n) is 20.7. The first kappa shape index (κ1) is 27.5. The van der Waals surface area contributed by atoms with Crippen LogP contribution in [0.5, 0.6) is 0 Å². The Morgan fingerprint density at radius 3 is 2.29 bits per heavy atom. The zero-order chi connectivity index (χ0) is 27.3. The van der Waals surface area contributed by atoms with Gasteiger partial charge in [-0.15, -0.1) is 5.23 Å². The van der Waals surface area contributed by atoms with Gasteiger partial charge in [0.1, 0.15) is 18.4 Å². The lowest BCUT2D eigenvalue weighted by Crippen LogP contribution is -2.50. The third-order valence-electron chi connectivity index (χ3n) is 7.01. The molecule has 2 aromatic carbocycles. The SMILES string of the molecule is N#Cc1cc(NC2CCC(OCC(=O)N3CCN(c4ccc(C(F)(F)F)cc4)CC3)CC2)ccc1N(O)O. The highest BCUT2D eigenvalue weighted by Crippen LogP contribution is 2.31. The number of carbonyl (C=O) groups excluding carboxylic acids is 1. The summed E-state index contributed by atoms with van der Waals surface area (Å²) in [6, 6.07) is 11.9. The van der Waals surface area contributed by atoms with E-state index in [9.17, 15) is 33.6 Å². The van der Waals surface area contributed by atoms with Crippen molar-refractivity contribution in [1.29, 1.82) is 5.26 Å². The van der Waals surface area contributed by atoms with E-state index >= 15 is 0 Å². The van der Waals surface area contributed by atoms with Crippen molar-refractivity contribution in [3.05, 3.63) is 53.6 Å². The van der Waals surface area contributed by atoms with Gasteiger partial charge in [0.25, 0.3) is 0 Å². The van der Waals surface area contributed by atoms with E-state index in [0.29, 0.717) is 37.6 Å². The van der Waals surface area contributed by atoms with Gasteiger partial charge in [-0.05, 0) is 68.1 Å². The molecule has 1 amide bonds. The Balaban J connectivity index is 1.17. The largest absolute Gasteiger partial charge is 0.416 e. The molecule has 0 radical (unpaired) electrons. The number of amides is 1. The minimum atomic E-state index is -4.36. The van der Waals surface area contributed by atoms with Crippen molar-refractivity contribution in [2.75, 3.05) is 48.2 Å². The molecule has 9 nitrogen and oxygen atoms in total. The number of carbonyl (C=O) groups is 1. The van der Waals surface area contributed by atoms with Crippen LogP contribution in [-0.4, -0.2) is 66.2 Å². The number of ether oxygens (including phenoxy) is 1. The second-order valence-corrected chi connectivity index (χ2v) is 9.47. The van der Waals surface area contributed by atoms with Gasteiger partial charge in [0.05, 0.1) is 17.2 Å². The van der Waals surface area contributed by atoms with Crippen LogP contribution in [0.15, 0.2) is 42.5 Å². The molecule has 0 bridgehead atoms. The topological polar surface area (TPSA) is 112 Å². The van der Waals surface area contributed by atoms with E-state index in [2.05, 4.69) is 5.32 Å². The van der Waals surface area contributed by atoms with Crippen LogP contribution in [0, 0.1) is 11.3 Å². The Labute approximate surface area is 218 Å². The van der Waals surface area contributed by atoms with E-state index in [1.807, 2.05) is 11.0 Å². The van der Waals surface area contributed by atoms with E-state index in [-0.39, 0.29) is 41.1 Å². The lowest BCUT2D eigenvalue weighted by molar-refractivity contribution is -0.139. The van der Waals surface area contributed by atoms with Gasteiger partial charge in [0.15, 0.2) is 0 Å². The van der Waals surface area contributed by atoms with Crippen LogP contribution >= 0.6 is 0 Å². The van der Waals surface area contributed by atoms with Crippen molar-refractivity contribution in [2.45, 2.75) is 44.0 Å². The number of hydrogen-bond acceptors (Lipinski definition) is 8.